The molecule has 9 nitrogen and oxygen atoms in total. The molecule has 2 rings (SSSR count). The number of ether oxygens (including phenoxy) is 1. The third-order valence-electron chi connectivity index (χ3n) is 4.78. The maximum absolute atomic E-state index is 12.8. The molecule has 2 unspecified atom stereocenters. The Balaban J connectivity index is 2.58. The predicted molar refractivity (Wildman–Crippen MR) is 105 cm³/mol. The molecule has 1 aliphatic heterocycles. The van der Waals surface area contributed by atoms with Crippen LogP contribution in [0, 0.1) is 21.4 Å². The molecule has 0 saturated heterocycles. The molecule has 2 atom stereocenters. The van der Waals surface area contributed by atoms with E-state index in [4.69, 9.17) is 10.00 Å². The zero-order chi connectivity index (χ0) is 21.6. The van der Waals surface area contributed by atoms with E-state index in [1.54, 1.807) is 26.0 Å². The van der Waals surface area contributed by atoms with Crippen molar-refractivity contribution in [3.63, 3.8) is 0 Å². The molecule has 1 heterocycles. The smallest absolute Gasteiger partial charge is 0.336 e. The zero-order valence-electron chi connectivity index (χ0n) is 16.5. The Morgan fingerprint density at radius 2 is 2.03 bits per heavy atom. The predicted octanol–water partition coefficient (Wildman–Crippen LogP) is 2.73. The second-order valence-electron chi connectivity index (χ2n) is 6.50. The minimum atomic E-state index is -0.621. The molecule has 1 aromatic carbocycles. The summed E-state index contributed by atoms with van der Waals surface area (Å²) in [5.74, 6) is -1.22. The number of nitrogens with zero attached hydrogens (tertiary/aromatic N) is 4. The van der Waals surface area contributed by atoms with Crippen LogP contribution in [0.5, 0.6) is 0 Å². The summed E-state index contributed by atoms with van der Waals surface area (Å²) < 4.78 is 5.23. The van der Waals surface area contributed by atoms with Gasteiger partial charge < -0.3 is 9.64 Å². The first kappa shape index (κ1) is 21.8. The van der Waals surface area contributed by atoms with Crippen LogP contribution in [0.1, 0.15) is 38.7 Å². The molecule has 1 aromatic rings. The Hall–Kier alpha value is -3.54. The molecular formula is C20H22N4O5. The fourth-order valence-corrected chi connectivity index (χ4v) is 3.48. The largest absolute Gasteiger partial charge is 0.461 e. The summed E-state index contributed by atoms with van der Waals surface area (Å²) in [6.45, 7) is 5.59. The van der Waals surface area contributed by atoms with E-state index < -0.39 is 22.9 Å². The molecule has 0 bridgehead atoms. The van der Waals surface area contributed by atoms with Crippen molar-refractivity contribution in [1.82, 2.24) is 4.90 Å². The zero-order valence-corrected chi connectivity index (χ0v) is 16.5. The Labute approximate surface area is 168 Å². The van der Waals surface area contributed by atoms with E-state index in [0.717, 1.165) is 0 Å². The number of amides is 1. The average Bonchev–Trinajstić information content (AvgIpc) is 2.70. The van der Waals surface area contributed by atoms with E-state index in [1.165, 1.54) is 17.0 Å². The number of aliphatic imine (C=N–C) groups is 1. The number of non-ortho nitro benzene ring substituents is 1. The quantitative estimate of drug-likeness (QED) is 0.218. The van der Waals surface area contributed by atoms with Crippen molar-refractivity contribution >= 4 is 23.8 Å². The van der Waals surface area contributed by atoms with Crippen molar-refractivity contribution in [2.24, 2.45) is 4.99 Å². The van der Waals surface area contributed by atoms with Crippen molar-refractivity contribution < 1.29 is 19.2 Å². The minimum Gasteiger partial charge on any atom is -0.461 e. The number of benzene rings is 1. The van der Waals surface area contributed by atoms with Gasteiger partial charge in [-0.25, -0.2) is 4.79 Å². The highest BCUT2D eigenvalue weighted by Gasteiger charge is 2.40. The first-order valence-corrected chi connectivity index (χ1v) is 9.11. The number of rotatable bonds is 8. The monoisotopic (exact) mass is 398 g/mol. The van der Waals surface area contributed by atoms with Crippen molar-refractivity contribution in [1.29, 1.82) is 5.26 Å². The maximum atomic E-state index is 12.8. The second-order valence-corrected chi connectivity index (χ2v) is 6.50. The number of nitriles is 1. The maximum Gasteiger partial charge on any atom is 0.336 e. The van der Waals surface area contributed by atoms with Gasteiger partial charge in [-0.05, 0) is 26.3 Å². The van der Waals surface area contributed by atoms with Crippen LogP contribution >= 0.6 is 0 Å². The summed E-state index contributed by atoms with van der Waals surface area (Å²) in [6.07, 6.45) is 0.753. The molecule has 152 valence electrons. The fourth-order valence-electron chi connectivity index (χ4n) is 3.48. The lowest BCUT2D eigenvalue weighted by atomic mass is 9.79. The van der Waals surface area contributed by atoms with Crippen molar-refractivity contribution in [2.75, 3.05) is 13.2 Å². The molecule has 0 aliphatic carbocycles. The van der Waals surface area contributed by atoms with E-state index in [2.05, 4.69) is 4.99 Å². The summed E-state index contributed by atoms with van der Waals surface area (Å²) in [4.78, 5) is 41.0. The number of esters is 1. The van der Waals surface area contributed by atoms with Gasteiger partial charge in [0.05, 0.1) is 29.0 Å². The highest BCUT2D eigenvalue weighted by molar-refractivity contribution is 5.99. The number of allylic oxidation sites excluding steroid dienone is 1. The summed E-state index contributed by atoms with van der Waals surface area (Å²) in [7, 11) is 0. The summed E-state index contributed by atoms with van der Waals surface area (Å²) >= 11 is 0. The molecule has 29 heavy (non-hydrogen) atoms. The Bertz CT molecular complexity index is 898. The fraction of sp³-hybridized carbons (Fsp3) is 0.400. The SMILES string of the molecule is CCN(C=O)C1C(C)=NC(C)=C(C(=O)OCCC#N)C1c1ccc([N+](=O)[O-])cc1. The number of carbonyl (C=O) groups excluding carboxylic acids is 2. The molecule has 0 N–H and O–H groups in total. The van der Waals surface area contributed by atoms with E-state index in [1.807, 2.05) is 13.0 Å². The normalized spacial score (nSPS) is 18.5. The number of likely N-dealkylation sites (N-methyl/N-ethyl adjacent to an activating group) is 1. The van der Waals surface area contributed by atoms with E-state index >= 15 is 0 Å². The van der Waals surface area contributed by atoms with Gasteiger partial charge in [0.15, 0.2) is 0 Å². The number of carbonyl (C=O) groups is 2. The Kier molecular flexibility index (Phi) is 7.20. The van der Waals surface area contributed by atoms with Crippen molar-refractivity contribution in [2.45, 2.75) is 39.2 Å². The third-order valence-corrected chi connectivity index (χ3v) is 4.78. The molecule has 0 aromatic heterocycles. The van der Waals surface area contributed by atoms with Crippen LogP contribution in [0.15, 0.2) is 40.5 Å². The highest BCUT2D eigenvalue weighted by Crippen LogP contribution is 2.38. The first-order valence-electron chi connectivity index (χ1n) is 9.11. The van der Waals surface area contributed by atoms with E-state index in [9.17, 15) is 19.7 Å². The van der Waals surface area contributed by atoms with Gasteiger partial charge in [0, 0.05) is 36.0 Å². The van der Waals surface area contributed by atoms with Gasteiger partial charge >= 0.3 is 5.97 Å². The number of nitro groups is 1. The van der Waals surface area contributed by atoms with Crippen LogP contribution in [0.2, 0.25) is 0 Å². The van der Waals surface area contributed by atoms with Crippen LogP contribution in [0.3, 0.4) is 0 Å². The molecule has 9 heteroatoms. The number of nitro benzene ring substituents is 1. The molecule has 1 amide bonds. The van der Waals surface area contributed by atoms with Crippen LogP contribution in [0.4, 0.5) is 5.69 Å². The van der Waals surface area contributed by atoms with Crippen LogP contribution in [-0.2, 0) is 14.3 Å². The lowest BCUT2D eigenvalue weighted by Crippen LogP contribution is -2.47. The standard InChI is InChI=1S/C20H22N4O5/c1-4-23(12-25)19-14(3)22-13(2)17(20(26)29-11-5-10-21)18(19)15-6-8-16(9-7-15)24(27)28/h6-9,12,18-19H,4-5,11H2,1-3H3. The van der Waals surface area contributed by atoms with E-state index in [0.29, 0.717) is 29.9 Å². The second kappa shape index (κ2) is 9.59. The molecule has 0 radical (unpaired) electrons. The lowest BCUT2D eigenvalue weighted by Gasteiger charge is -2.38. The number of hydrogen-bond acceptors (Lipinski definition) is 7. The Morgan fingerprint density at radius 3 is 2.55 bits per heavy atom. The van der Waals surface area contributed by atoms with Gasteiger partial charge in [-0.2, -0.15) is 5.26 Å². The summed E-state index contributed by atoms with van der Waals surface area (Å²) in [5, 5.41) is 19.7. The molecule has 0 saturated carbocycles. The summed E-state index contributed by atoms with van der Waals surface area (Å²) in [6, 6.07) is 7.23. The molecular weight excluding hydrogens is 376 g/mol. The summed E-state index contributed by atoms with van der Waals surface area (Å²) in [5.41, 5.74) is 1.92. The lowest BCUT2D eigenvalue weighted by molar-refractivity contribution is -0.384. The van der Waals surface area contributed by atoms with Gasteiger partial charge in [0.1, 0.15) is 6.61 Å². The first-order chi connectivity index (χ1) is 13.8. The van der Waals surface area contributed by atoms with Crippen LogP contribution in [-0.4, -0.2) is 47.1 Å². The van der Waals surface area contributed by atoms with E-state index in [-0.39, 0.29) is 24.3 Å². The number of hydrogen-bond donors (Lipinski definition) is 0. The topological polar surface area (TPSA) is 126 Å². The third kappa shape index (κ3) is 4.66. The van der Waals surface area contributed by atoms with Gasteiger partial charge in [0.25, 0.3) is 5.69 Å². The minimum absolute atomic E-state index is 0.0570. The average molecular weight is 398 g/mol. The molecule has 0 fully saturated rings. The Morgan fingerprint density at radius 1 is 1.38 bits per heavy atom. The van der Waals surface area contributed by atoms with Gasteiger partial charge in [-0.15, -0.1) is 0 Å². The molecule has 0 spiro atoms. The van der Waals surface area contributed by atoms with Crippen LogP contribution in [0.25, 0.3) is 0 Å². The van der Waals surface area contributed by atoms with Crippen LogP contribution < -0.4 is 0 Å². The van der Waals surface area contributed by atoms with Gasteiger partial charge in [-0.3, -0.25) is 19.9 Å². The van der Waals surface area contributed by atoms with Gasteiger partial charge in [-0.1, -0.05) is 12.1 Å². The highest BCUT2D eigenvalue weighted by atomic mass is 16.6. The van der Waals surface area contributed by atoms with Gasteiger partial charge in [0.2, 0.25) is 6.41 Å². The van der Waals surface area contributed by atoms with Crippen molar-refractivity contribution in [3.8, 4) is 6.07 Å². The molecule has 1 aliphatic rings. The van der Waals surface area contributed by atoms with Crippen molar-refractivity contribution in [3.05, 3.63) is 51.2 Å².